The molecule has 0 aliphatic rings. The minimum Gasteiger partial charge on any atom is -0.455 e. The van der Waals surface area contributed by atoms with Crippen LogP contribution in [0.1, 0.15) is 0 Å². The van der Waals surface area contributed by atoms with E-state index in [1.807, 2.05) is 48.5 Å². The predicted molar refractivity (Wildman–Crippen MR) is 229 cm³/mol. The third-order valence-electron chi connectivity index (χ3n) is 10.8. The van der Waals surface area contributed by atoms with E-state index in [0.717, 1.165) is 99.8 Å². The molecule has 0 spiro atoms. The van der Waals surface area contributed by atoms with Crippen LogP contribution in [0.15, 0.2) is 203 Å². The number of benzene rings is 8. The van der Waals surface area contributed by atoms with Crippen LogP contribution in [0.3, 0.4) is 0 Å². The molecule has 0 radical (unpaired) electrons. The molecule has 0 N–H and O–H groups in total. The molecule has 11 aromatic rings. The summed E-state index contributed by atoms with van der Waals surface area (Å²) in [6, 6.07) is 67.2. The summed E-state index contributed by atoms with van der Waals surface area (Å²) in [6.45, 7) is 0. The van der Waals surface area contributed by atoms with Gasteiger partial charge in [-0.15, -0.1) is 0 Å². The molecule has 11 rings (SSSR count). The van der Waals surface area contributed by atoms with Crippen molar-refractivity contribution in [2.75, 3.05) is 0 Å². The van der Waals surface area contributed by atoms with Crippen molar-refractivity contribution in [1.29, 1.82) is 0 Å². The molecule has 3 heterocycles. The maximum absolute atomic E-state index is 6.66. The molecular weight excluding hydrogens is 685 g/mol. The quantitative estimate of drug-likeness (QED) is 0.172. The zero-order valence-electron chi connectivity index (χ0n) is 30.2. The van der Waals surface area contributed by atoms with Crippen molar-refractivity contribution < 1.29 is 8.83 Å². The summed E-state index contributed by atoms with van der Waals surface area (Å²) < 4.78 is 13.2. The zero-order valence-corrected chi connectivity index (χ0v) is 30.2. The van der Waals surface area contributed by atoms with Gasteiger partial charge in [0.1, 0.15) is 22.3 Å². The van der Waals surface area contributed by atoms with Gasteiger partial charge in [0.25, 0.3) is 0 Å². The molecule has 0 aliphatic heterocycles. The van der Waals surface area contributed by atoms with Crippen molar-refractivity contribution in [2.24, 2.45) is 0 Å². The second kappa shape index (κ2) is 13.1. The van der Waals surface area contributed by atoms with E-state index < -0.39 is 0 Å². The van der Waals surface area contributed by atoms with Gasteiger partial charge in [-0.25, -0.2) is 9.97 Å². The Morgan fingerprint density at radius 2 is 0.750 bits per heavy atom. The molecule has 262 valence electrons. The molecule has 0 aliphatic carbocycles. The summed E-state index contributed by atoms with van der Waals surface area (Å²) >= 11 is 0. The van der Waals surface area contributed by atoms with E-state index in [4.69, 9.17) is 18.8 Å². The Morgan fingerprint density at radius 3 is 1.39 bits per heavy atom. The fourth-order valence-electron chi connectivity index (χ4n) is 8.00. The lowest BCUT2D eigenvalue weighted by Gasteiger charge is -2.15. The number of para-hydroxylation sites is 4. The summed E-state index contributed by atoms with van der Waals surface area (Å²) in [6.07, 6.45) is 0. The molecule has 8 aromatic carbocycles. The van der Waals surface area contributed by atoms with Crippen LogP contribution in [0.5, 0.6) is 0 Å². The summed E-state index contributed by atoms with van der Waals surface area (Å²) in [7, 11) is 0. The van der Waals surface area contributed by atoms with Gasteiger partial charge in [0, 0.05) is 49.4 Å². The van der Waals surface area contributed by atoms with E-state index >= 15 is 0 Å². The first-order valence-corrected chi connectivity index (χ1v) is 18.8. The van der Waals surface area contributed by atoms with Crippen LogP contribution in [-0.2, 0) is 0 Å². The van der Waals surface area contributed by atoms with Gasteiger partial charge >= 0.3 is 0 Å². The smallest absolute Gasteiger partial charge is 0.161 e. The molecule has 0 saturated carbocycles. The third kappa shape index (κ3) is 5.39. The molecule has 4 heteroatoms. The molecule has 0 saturated heterocycles. The van der Waals surface area contributed by atoms with Crippen molar-refractivity contribution in [3.05, 3.63) is 194 Å². The third-order valence-corrected chi connectivity index (χ3v) is 10.8. The number of nitrogens with zero attached hydrogens (tertiary/aromatic N) is 2. The highest BCUT2D eigenvalue weighted by Gasteiger charge is 2.21. The lowest BCUT2D eigenvalue weighted by Crippen LogP contribution is -1.98. The van der Waals surface area contributed by atoms with Crippen LogP contribution in [-0.4, -0.2) is 9.97 Å². The first-order chi connectivity index (χ1) is 27.7. The Bertz CT molecular complexity index is 3230. The van der Waals surface area contributed by atoms with Crippen molar-refractivity contribution in [3.8, 4) is 67.3 Å². The monoisotopic (exact) mass is 716 g/mol. The fraction of sp³-hybridized carbons (Fsp3) is 0. The van der Waals surface area contributed by atoms with Crippen LogP contribution in [0.25, 0.3) is 111 Å². The van der Waals surface area contributed by atoms with Crippen molar-refractivity contribution in [1.82, 2.24) is 9.97 Å². The maximum atomic E-state index is 6.66. The lowest BCUT2D eigenvalue weighted by atomic mass is 9.92. The average molecular weight is 717 g/mol. The normalized spacial score (nSPS) is 11.6. The van der Waals surface area contributed by atoms with Gasteiger partial charge in [-0.05, 0) is 52.6 Å². The average Bonchev–Trinajstić information content (AvgIpc) is 3.86. The van der Waals surface area contributed by atoms with E-state index in [9.17, 15) is 0 Å². The van der Waals surface area contributed by atoms with Crippen LogP contribution in [0.2, 0.25) is 0 Å². The molecule has 0 atom stereocenters. The largest absolute Gasteiger partial charge is 0.455 e. The second-order valence-corrected chi connectivity index (χ2v) is 14.1. The highest BCUT2D eigenvalue weighted by atomic mass is 16.3. The van der Waals surface area contributed by atoms with Gasteiger partial charge in [-0.2, -0.15) is 0 Å². The zero-order chi connectivity index (χ0) is 37.0. The number of aromatic nitrogens is 2. The van der Waals surface area contributed by atoms with Crippen molar-refractivity contribution >= 4 is 43.9 Å². The minimum atomic E-state index is 0.630. The molecule has 0 amide bonds. The van der Waals surface area contributed by atoms with E-state index in [0.29, 0.717) is 5.82 Å². The predicted octanol–water partition coefficient (Wildman–Crippen LogP) is 14.3. The number of furan rings is 2. The van der Waals surface area contributed by atoms with Crippen molar-refractivity contribution in [2.45, 2.75) is 0 Å². The second-order valence-electron chi connectivity index (χ2n) is 14.1. The molecule has 0 fully saturated rings. The summed E-state index contributed by atoms with van der Waals surface area (Å²) in [5.41, 5.74) is 14.3. The molecule has 0 unspecified atom stereocenters. The van der Waals surface area contributed by atoms with Gasteiger partial charge in [-0.1, -0.05) is 164 Å². The van der Waals surface area contributed by atoms with E-state index in [1.165, 1.54) is 5.56 Å². The molecular formula is C52H32N2O2. The standard InChI is InChI=1S/C52H32N2O2/c1-3-13-33(14-4-1)34-25-27-36(28-26-34)47-32-46(35-15-5-2-6-16-35)53-52(54-47)44-30-29-37(38-19-11-20-41-39-17-7-9-23-48(39)55-50(38)41)31-45(44)43-22-12-21-42-40-18-8-10-24-49(40)56-51(42)43/h1-32H. The number of rotatable bonds is 6. The summed E-state index contributed by atoms with van der Waals surface area (Å²) in [5, 5.41) is 4.33. The Labute approximate surface area is 323 Å². The Hall–Kier alpha value is -7.56. The summed E-state index contributed by atoms with van der Waals surface area (Å²) in [5.74, 6) is 0.630. The molecule has 3 aromatic heterocycles. The Balaban J connectivity index is 1.15. The summed E-state index contributed by atoms with van der Waals surface area (Å²) in [4.78, 5) is 10.6. The van der Waals surface area contributed by atoms with E-state index in [2.05, 4.69) is 146 Å². The number of hydrogen-bond acceptors (Lipinski definition) is 4. The first kappa shape index (κ1) is 31.9. The fourth-order valence-corrected chi connectivity index (χ4v) is 8.00. The Morgan fingerprint density at radius 1 is 0.286 bits per heavy atom. The highest BCUT2D eigenvalue weighted by Crippen LogP contribution is 2.43. The highest BCUT2D eigenvalue weighted by molar-refractivity contribution is 6.12. The van der Waals surface area contributed by atoms with Crippen LogP contribution in [0, 0.1) is 0 Å². The van der Waals surface area contributed by atoms with Gasteiger partial charge in [0.15, 0.2) is 5.82 Å². The lowest BCUT2D eigenvalue weighted by molar-refractivity contribution is 0.670. The van der Waals surface area contributed by atoms with Crippen molar-refractivity contribution in [3.63, 3.8) is 0 Å². The van der Waals surface area contributed by atoms with Gasteiger partial charge in [-0.3, -0.25) is 0 Å². The van der Waals surface area contributed by atoms with Gasteiger partial charge in [0.2, 0.25) is 0 Å². The number of hydrogen-bond donors (Lipinski definition) is 0. The molecule has 4 nitrogen and oxygen atoms in total. The van der Waals surface area contributed by atoms with E-state index in [-0.39, 0.29) is 0 Å². The minimum absolute atomic E-state index is 0.630. The van der Waals surface area contributed by atoms with Gasteiger partial charge < -0.3 is 8.83 Å². The number of fused-ring (bicyclic) bond motifs is 6. The van der Waals surface area contributed by atoms with E-state index in [1.54, 1.807) is 0 Å². The van der Waals surface area contributed by atoms with Gasteiger partial charge in [0.05, 0.1) is 11.4 Å². The Kier molecular flexibility index (Phi) is 7.46. The van der Waals surface area contributed by atoms with Crippen LogP contribution in [0.4, 0.5) is 0 Å². The van der Waals surface area contributed by atoms with Crippen LogP contribution < -0.4 is 0 Å². The topological polar surface area (TPSA) is 52.1 Å². The van der Waals surface area contributed by atoms with Crippen LogP contribution >= 0.6 is 0 Å². The molecule has 56 heavy (non-hydrogen) atoms. The maximum Gasteiger partial charge on any atom is 0.161 e. The SMILES string of the molecule is c1ccc(-c2ccc(-c3cc(-c4ccccc4)nc(-c4ccc(-c5cccc6c5oc5ccccc56)cc4-c4cccc5c4oc4ccccc45)n3)cc2)cc1. The molecule has 0 bridgehead atoms. The first-order valence-electron chi connectivity index (χ1n) is 18.8.